The van der Waals surface area contributed by atoms with Crippen molar-refractivity contribution in [2.45, 2.75) is 9.24 Å². The van der Waals surface area contributed by atoms with Crippen molar-refractivity contribution in [2.24, 2.45) is 0 Å². The Balaban J connectivity index is 1.93. The van der Waals surface area contributed by atoms with Crippen molar-refractivity contribution < 1.29 is 21.8 Å². The Hall–Kier alpha value is -2.45. The number of nitrogens with one attached hydrogen (secondary N) is 1. The van der Waals surface area contributed by atoms with E-state index in [0.29, 0.717) is 21.9 Å². The molecule has 0 radical (unpaired) electrons. The second-order valence-corrected chi connectivity index (χ2v) is 10.4. The molecule has 0 aliphatic carbocycles. The number of halogens is 1. The molecule has 28 heavy (non-hydrogen) atoms. The summed E-state index contributed by atoms with van der Waals surface area (Å²) in [5, 5.41) is 18.5. The largest absolute Gasteiger partial charge is 0.283 e. The summed E-state index contributed by atoms with van der Waals surface area (Å²) in [6.45, 7) is 0. The van der Waals surface area contributed by atoms with E-state index in [1.54, 1.807) is 24.3 Å². The molecule has 0 bridgehead atoms. The number of hydrogen-bond acceptors (Lipinski definition) is 9. The quantitative estimate of drug-likeness (QED) is 0.435. The van der Waals surface area contributed by atoms with Gasteiger partial charge in [0.15, 0.2) is 0 Å². The van der Waals surface area contributed by atoms with Crippen LogP contribution in [0.2, 0.25) is 5.02 Å². The predicted octanol–water partition coefficient (Wildman–Crippen LogP) is 2.43. The molecule has 10 nitrogen and oxygen atoms in total. The lowest BCUT2D eigenvalue weighted by Gasteiger charge is -2.05. The van der Waals surface area contributed by atoms with Gasteiger partial charge < -0.3 is 0 Å². The van der Waals surface area contributed by atoms with E-state index in [9.17, 15) is 26.9 Å². The number of rotatable bonds is 6. The molecular weight excluding hydrogens is 452 g/mol. The second kappa shape index (κ2) is 7.52. The molecule has 3 aromatic rings. The molecule has 0 aliphatic heterocycles. The molecule has 0 saturated carbocycles. The van der Waals surface area contributed by atoms with Gasteiger partial charge in [-0.05, 0) is 12.1 Å². The lowest BCUT2D eigenvalue weighted by Crippen LogP contribution is -2.30. The fraction of sp³-hybridized carbons (Fsp3) is 0. The van der Waals surface area contributed by atoms with E-state index in [1.807, 2.05) is 0 Å². The van der Waals surface area contributed by atoms with Gasteiger partial charge in [0, 0.05) is 17.7 Å². The molecule has 0 unspecified atom stereocenters. The average molecular weight is 461 g/mol. The summed E-state index contributed by atoms with van der Waals surface area (Å²) >= 11 is 6.65. The first-order valence-corrected chi connectivity index (χ1v) is 11.4. The normalized spacial score (nSPS) is 12.0. The first-order chi connectivity index (χ1) is 13.1. The van der Waals surface area contributed by atoms with E-state index >= 15 is 0 Å². The number of sulfonamides is 2. The third-order valence-electron chi connectivity index (χ3n) is 3.30. The van der Waals surface area contributed by atoms with Gasteiger partial charge in [-0.15, -0.1) is 10.2 Å². The number of aromatic nitrogens is 2. The minimum atomic E-state index is -4.62. The van der Waals surface area contributed by atoms with Crippen molar-refractivity contribution in [1.29, 1.82) is 0 Å². The third kappa shape index (κ3) is 4.18. The van der Waals surface area contributed by atoms with Gasteiger partial charge in [-0.1, -0.05) is 51.3 Å². The highest BCUT2D eigenvalue weighted by atomic mass is 35.5. The molecule has 2 aromatic carbocycles. The monoisotopic (exact) mass is 460 g/mol. The zero-order chi connectivity index (χ0) is 20.5. The first kappa shape index (κ1) is 20.3. The minimum absolute atomic E-state index is 0.179. The lowest BCUT2D eigenvalue weighted by atomic mass is 10.2. The van der Waals surface area contributed by atoms with Gasteiger partial charge >= 0.3 is 0 Å². The van der Waals surface area contributed by atoms with Gasteiger partial charge in [0.25, 0.3) is 25.7 Å². The molecule has 0 aliphatic rings. The van der Waals surface area contributed by atoms with Gasteiger partial charge in [-0.3, -0.25) is 10.1 Å². The van der Waals surface area contributed by atoms with Crippen molar-refractivity contribution in [3.63, 3.8) is 0 Å². The minimum Gasteiger partial charge on any atom is -0.258 e. The maximum Gasteiger partial charge on any atom is 0.283 e. The van der Waals surface area contributed by atoms with Crippen molar-refractivity contribution >= 4 is 48.7 Å². The maximum absolute atomic E-state index is 12.4. The summed E-state index contributed by atoms with van der Waals surface area (Å²) in [5.41, 5.74) is -0.0677. The van der Waals surface area contributed by atoms with Crippen LogP contribution in [0.3, 0.4) is 0 Å². The Bertz CT molecular complexity index is 1270. The van der Waals surface area contributed by atoms with Gasteiger partial charge in [-0.25, -0.2) is 16.8 Å². The van der Waals surface area contributed by atoms with Crippen molar-refractivity contribution in [3.8, 4) is 10.6 Å². The number of nitrogens with zero attached hydrogens (tertiary/aromatic N) is 3. The zero-order valence-electron chi connectivity index (χ0n) is 13.5. The summed E-state index contributed by atoms with van der Waals surface area (Å²) < 4.78 is 50.4. The number of nitro groups is 1. The molecule has 146 valence electrons. The summed E-state index contributed by atoms with van der Waals surface area (Å²) in [6, 6.07) is 10.5. The predicted molar refractivity (Wildman–Crippen MR) is 101 cm³/mol. The fourth-order valence-corrected chi connectivity index (χ4v) is 6.44. The van der Waals surface area contributed by atoms with Crippen LogP contribution in [0.25, 0.3) is 10.6 Å². The fourth-order valence-electron chi connectivity index (χ4n) is 2.05. The molecule has 0 spiro atoms. The highest BCUT2D eigenvalue weighted by Gasteiger charge is 2.29. The first-order valence-electron chi connectivity index (χ1n) is 7.22. The highest BCUT2D eigenvalue weighted by molar-refractivity contribution is 8.05. The van der Waals surface area contributed by atoms with Gasteiger partial charge in [0.05, 0.1) is 14.8 Å². The Morgan fingerprint density at radius 3 is 2.39 bits per heavy atom. The Kier molecular flexibility index (Phi) is 5.45. The van der Waals surface area contributed by atoms with Crippen LogP contribution < -0.4 is 4.13 Å². The summed E-state index contributed by atoms with van der Waals surface area (Å²) in [4.78, 5) is 9.42. The molecule has 0 saturated heterocycles. The van der Waals surface area contributed by atoms with Crippen LogP contribution in [0.15, 0.2) is 57.8 Å². The van der Waals surface area contributed by atoms with E-state index in [4.69, 9.17) is 11.6 Å². The lowest BCUT2D eigenvalue weighted by molar-refractivity contribution is -0.385. The molecule has 3 rings (SSSR count). The van der Waals surface area contributed by atoms with E-state index in [-0.39, 0.29) is 5.01 Å². The van der Waals surface area contributed by atoms with Crippen LogP contribution in [0.1, 0.15) is 0 Å². The van der Waals surface area contributed by atoms with Crippen LogP contribution in [-0.4, -0.2) is 32.0 Å². The summed E-state index contributed by atoms with van der Waals surface area (Å²) in [5.74, 6) is 0. The zero-order valence-corrected chi connectivity index (χ0v) is 16.7. The van der Waals surface area contributed by atoms with Gasteiger partial charge in [-0.2, -0.15) is 0 Å². The van der Waals surface area contributed by atoms with Crippen molar-refractivity contribution in [3.05, 3.63) is 63.7 Å². The molecule has 0 fully saturated rings. The van der Waals surface area contributed by atoms with Crippen LogP contribution >= 0.6 is 22.9 Å². The number of non-ortho nitro benzene ring substituents is 1. The van der Waals surface area contributed by atoms with Crippen molar-refractivity contribution in [2.75, 3.05) is 0 Å². The van der Waals surface area contributed by atoms with E-state index in [0.717, 1.165) is 24.3 Å². The van der Waals surface area contributed by atoms with Crippen molar-refractivity contribution in [1.82, 2.24) is 14.3 Å². The molecule has 1 heterocycles. The van der Waals surface area contributed by atoms with Crippen LogP contribution in [-0.2, 0) is 20.0 Å². The smallest absolute Gasteiger partial charge is 0.258 e. The Labute approximate surface area is 168 Å². The molecule has 1 aromatic heterocycles. The Morgan fingerprint density at radius 2 is 1.71 bits per heavy atom. The summed E-state index contributed by atoms with van der Waals surface area (Å²) in [7, 11) is -9.22. The second-order valence-electron chi connectivity index (χ2n) is 5.20. The van der Waals surface area contributed by atoms with E-state index in [1.165, 1.54) is 4.13 Å². The highest BCUT2D eigenvalue weighted by Crippen LogP contribution is 2.31. The topological polar surface area (TPSA) is 149 Å². The third-order valence-corrected chi connectivity index (χ3v) is 8.46. The number of nitro benzene ring substituents is 1. The van der Waals surface area contributed by atoms with E-state index < -0.39 is 39.9 Å². The molecule has 14 heteroatoms. The SMILES string of the molecule is O=[N+]([O-])c1cccc(S(=O)(=O)NS(=O)(=O)c2nnc(-c3ccccc3Cl)s2)c1. The maximum atomic E-state index is 12.4. The summed E-state index contributed by atoms with van der Waals surface area (Å²) in [6.07, 6.45) is 0. The molecule has 0 atom stereocenters. The molecule has 0 amide bonds. The van der Waals surface area contributed by atoms with Crippen LogP contribution in [0, 0.1) is 10.1 Å². The van der Waals surface area contributed by atoms with Crippen LogP contribution in [0.5, 0.6) is 0 Å². The van der Waals surface area contributed by atoms with Gasteiger partial charge in [0.1, 0.15) is 5.01 Å². The standard InChI is InChI=1S/C14H9ClN4O6S3/c15-12-7-2-1-6-11(12)13-16-17-14(26-13)28(24,25)18-27(22,23)10-5-3-4-9(8-10)19(20)21/h1-8,18H. The molecule has 1 N–H and O–H groups in total. The Morgan fingerprint density at radius 1 is 1.00 bits per heavy atom. The number of hydrogen-bond donors (Lipinski definition) is 1. The van der Waals surface area contributed by atoms with E-state index in [2.05, 4.69) is 10.2 Å². The molecular formula is C14H9ClN4O6S3. The average Bonchev–Trinajstić information content (AvgIpc) is 3.12. The number of benzene rings is 2. The van der Waals surface area contributed by atoms with Crippen LogP contribution in [0.4, 0.5) is 5.69 Å². The van der Waals surface area contributed by atoms with Gasteiger partial charge in [0.2, 0.25) is 4.34 Å².